The maximum atomic E-state index is 11.3. The average molecular weight is 332 g/mol. The Morgan fingerprint density at radius 1 is 1.56 bits per heavy atom. The fraction of sp³-hybridized carbons (Fsp3) is 0.333. The Balaban J connectivity index is 2.19. The number of nitrogens with zero attached hydrogens (tertiary/aromatic N) is 1. The largest absolute Gasteiger partial charge is 0.466 e. The summed E-state index contributed by atoms with van der Waals surface area (Å²) < 4.78 is 5.71. The van der Waals surface area contributed by atoms with Crippen LogP contribution in [-0.4, -0.2) is 22.8 Å². The zero-order valence-electron chi connectivity index (χ0n) is 9.80. The number of benzene rings is 1. The van der Waals surface area contributed by atoms with Gasteiger partial charge < -0.3 is 4.74 Å². The van der Waals surface area contributed by atoms with E-state index in [1.54, 1.807) is 13.0 Å². The number of esters is 1. The van der Waals surface area contributed by atoms with Gasteiger partial charge in [0.05, 0.1) is 23.6 Å². The fourth-order valence-electron chi connectivity index (χ4n) is 1.71. The topological polar surface area (TPSA) is 55.0 Å². The minimum Gasteiger partial charge on any atom is -0.466 e. The van der Waals surface area contributed by atoms with Crippen molar-refractivity contribution in [2.45, 2.75) is 19.8 Å². The van der Waals surface area contributed by atoms with Gasteiger partial charge in [-0.05, 0) is 35.0 Å². The highest BCUT2D eigenvalue weighted by atomic mass is 79.9. The molecule has 0 aliphatic carbocycles. The summed E-state index contributed by atoms with van der Waals surface area (Å²) in [7, 11) is 0. The number of aromatic nitrogens is 2. The first-order valence-electron chi connectivity index (χ1n) is 5.59. The molecule has 2 aromatic rings. The second-order valence-electron chi connectivity index (χ2n) is 3.79. The molecule has 0 atom stereocenters. The van der Waals surface area contributed by atoms with Crippen LogP contribution >= 0.6 is 27.5 Å². The van der Waals surface area contributed by atoms with Crippen LogP contribution in [0.15, 0.2) is 16.6 Å². The molecule has 4 nitrogen and oxygen atoms in total. The first kappa shape index (κ1) is 13.4. The molecule has 6 heteroatoms. The van der Waals surface area contributed by atoms with Gasteiger partial charge in [0.15, 0.2) is 0 Å². The molecule has 0 saturated carbocycles. The molecule has 0 saturated heterocycles. The second kappa shape index (κ2) is 5.71. The minimum atomic E-state index is -0.201. The van der Waals surface area contributed by atoms with E-state index in [1.165, 1.54) is 0 Å². The Kier molecular flexibility index (Phi) is 4.24. The summed E-state index contributed by atoms with van der Waals surface area (Å²) in [6.45, 7) is 2.20. The smallest absolute Gasteiger partial charge is 0.306 e. The normalized spacial score (nSPS) is 10.8. The molecule has 18 heavy (non-hydrogen) atoms. The third-order valence-corrected chi connectivity index (χ3v) is 3.76. The van der Waals surface area contributed by atoms with Crippen LogP contribution < -0.4 is 0 Å². The third-order valence-electron chi connectivity index (χ3n) is 2.56. The van der Waals surface area contributed by atoms with Crippen LogP contribution in [0.2, 0.25) is 5.02 Å². The minimum absolute atomic E-state index is 0.201. The molecule has 0 spiro atoms. The van der Waals surface area contributed by atoms with Gasteiger partial charge in [-0.3, -0.25) is 9.89 Å². The van der Waals surface area contributed by atoms with Crippen molar-refractivity contribution >= 4 is 44.4 Å². The van der Waals surface area contributed by atoms with Crippen molar-refractivity contribution in [2.24, 2.45) is 0 Å². The first-order chi connectivity index (χ1) is 8.61. The summed E-state index contributed by atoms with van der Waals surface area (Å²) in [5.41, 5.74) is 1.71. The van der Waals surface area contributed by atoms with Gasteiger partial charge in [0.1, 0.15) is 0 Å². The number of carbonyl (C=O) groups is 1. The van der Waals surface area contributed by atoms with Gasteiger partial charge in [0, 0.05) is 22.0 Å². The maximum Gasteiger partial charge on any atom is 0.306 e. The number of aryl methyl sites for hydroxylation is 1. The highest BCUT2D eigenvalue weighted by molar-refractivity contribution is 9.10. The van der Waals surface area contributed by atoms with E-state index < -0.39 is 0 Å². The Hall–Kier alpha value is -1.07. The Morgan fingerprint density at radius 2 is 2.33 bits per heavy atom. The number of nitrogens with one attached hydrogen (secondary N) is 1. The van der Waals surface area contributed by atoms with Crippen LogP contribution in [0.5, 0.6) is 0 Å². The van der Waals surface area contributed by atoms with Crippen molar-refractivity contribution < 1.29 is 9.53 Å². The number of ether oxygens (including phenoxy) is 1. The molecule has 0 bridgehead atoms. The van der Waals surface area contributed by atoms with E-state index in [2.05, 4.69) is 26.1 Å². The van der Waals surface area contributed by atoms with Crippen molar-refractivity contribution in [1.82, 2.24) is 10.2 Å². The van der Waals surface area contributed by atoms with Gasteiger partial charge in [0.2, 0.25) is 0 Å². The first-order valence-corrected chi connectivity index (χ1v) is 6.76. The number of aromatic amines is 1. The Bertz CT molecular complexity index is 583. The molecule has 1 aromatic carbocycles. The summed E-state index contributed by atoms with van der Waals surface area (Å²) in [5, 5.41) is 8.68. The summed E-state index contributed by atoms with van der Waals surface area (Å²) in [4.78, 5) is 11.3. The van der Waals surface area contributed by atoms with Gasteiger partial charge in [-0.1, -0.05) is 11.6 Å². The van der Waals surface area contributed by atoms with Crippen molar-refractivity contribution in [3.63, 3.8) is 0 Å². The lowest BCUT2D eigenvalue weighted by Crippen LogP contribution is -2.05. The molecule has 1 heterocycles. The van der Waals surface area contributed by atoms with Gasteiger partial charge in [-0.15, -0.1) is 0 Å². The van der Waals surface area contributed by atoms with E-state index in [9.17, 15) is 4.79 Å². The van der Waals surface area contributed by atoms with Crippen molar-refractivity contribution in [2.75, 3.05) is 6.61 Å². The lowest BCUT2D eigenvalue weighted by atomic mass is 10.1. The summed E-state index contributed by atoms with van der Waals surface area (Å²) in [6.07, 6.45) is 0.911. The SMILES string of the molecule is CCOC(=O)CCc1[nH]nc2cc(Cl)c(Br)cc12. The van der Waals surface area contributed by atoms with Crippen molar-refractivity contribution in [3.05, 3.63) is 27.3 Å². The lowest BCUT2D eigenvalue weighted by Gasteiger charge is -2.01. The molecule has 0 radical (unpaired) electrons. The van der Waals surface area contributed by atoms with Crippen LogP contribution in [0.1, 0.15) is 19.0 Å². The molecular formula is C12H12BrClN2O2. The van der Waals surface area contributed by atoms with E-state index in [0.29, 0.717) is 24.5 Å². The van der Waals surface area contributed by atoms with E-state index >= 15 is 0 Å². The van der Waals surface area contributed by atoms with E-state index in [4.69, 9.17) is 16.3 Å². The molecule has 2 rings (SSSR count). The standard InChI is InChI=1S/C12H12BrClN2O2/c1-2-18-12(17)4-3-10-7-5-8(13)9(14)6-11(7)16-15-10/h5-6H,2-4H2,1H3,(H,15,16). The van der Waals surface area contributed by atoms with Gasteiger partial charge >= 0.3 is 5.97 Å². The Labute approximate surface area is 118 Å². The van der Waals surface area contributed by atoms with E-state index in [0.717, 1.165) is 21.1 Å². The van der Waals surface area contributed by atoms with Crippen molar-refractivity contribution in [1.29, 1.82) is 0 Å². The van der Waals surface area contributed by atoms with Crippen LogP contribution in [-0.2, 0) is 16.0 Å². The summed E-state index contributed by atoms with van der Waals surface area (Å²) >= 11 is 9.37. The predicted molar refractivity (Wildman–Crippen MR) is 73.8 cm³/mol. The van der Waals surface area contributed by atoms with Gasteiger partial charge in [-0.25, -0.2) is 0 Å². The second-order valence-corrected chi connectivity index (χ2v) is 5.05. The highest BCUT2D eigenvalue weighted by Gasteiger charge is 2.10. The molecule has 1 aromatic heterocycles. The maximum absolute atomic E-state index is 11.3. The highest BCUT2D eigenvalue weighted by Crippen LogP contribution is 2.29. The quantitative estimate of drug-likeness (QED) is 0.873. The van der Waals surface area contributed by atoms with Crippen LogP contribution in [0.3, 0.4) is 0 Å². The lowest BCUT2D eigenvalue weighted by molar-refractivity contribution is -0.143. The van der Waals surface area contributed by atoms with Crippen LogP contribution in [0.25, 0.3) is 10.9 Å². The number of hydrogen-bond acceptors (Lipinski definition) is 3. The van der Waals surface area contributed by atoms with Crippen LogP contribution in [0, 0.1) is 0 Å². The molecule has 0 fully saturated rings. The number of fused-ring (bicyclic) bond motifs is 1. The number of rotatable bonds is 4. The molecule has 0 amide bonds. The average Bonchev–Trinajstić information content (AvgIpc) is 2.70. The number of hydrogen-bond donors (Lipinski definition) is 1. The zero-order chi connectivity index (χ0) is 13.1. The molecule has 1 N–H and O–H groups in total. The van der Waals surface area contributed by atoms with E-state index in [-0.39, 0.29) is 5.97 Å². The third kappa shape index (κ3) is 2.84. The molecule has 96 valence electrons. The molecule has 0 aliphatic heterocycles. The van der Waals surface area contributed by atoms with Crippen LogP contribution in [0.4, 0.5) is 0 Å². The summed E-state index contributed by atoms with van der Waals surface area (Å²) in [6, 6.07) is 3.69. The summed E-state index contributed by atoms with van der Waals surface area (Å²) in [5.74, 6) is -0.201. The molecular weight excluding hydrogens is 320 g/mol. The van der Waals surface area contributed by atoms with Gasteiger partial charge in [0.25, 0.3) is 0 Å². The van der Waals surface area contributed by atoms with E-state index in [1.807, 2.05) is 6.07 Å². The van der Waals surface area contributed by atoms with Crippen molar-refractivity contribution in [3.8, 4) is 0 Å². The monoisotopic (exact) mass is 330 g/mol. The molecule has 0 unspecified atom stereocenters. The zero-order valence-corrected chi connectivity index (χ0v) is 12.1. The predicted octanol–water partition coefficient (Wildman–Crippen LogP) is 3.47. The number of carbonyl (C=O) groups excluding carboxylic acids is 1. The molecule has 0 aliphatic rings. The Morgan fingerprint density at radius 3 is 3.06 bits per heavy atom. The fourth-order valence-corrected chi connectivity index (χ4v) is 2.21. The van der Waals surface area contributed by atoms with Gasteiger partial charge in [-0.2, -0.15) is 5.10 Å². The number of H-pyrrole nitrogens is 1. The number of halogens is 2.